The van der Waals surface area contributed by atoms with Gasteiger partial charge in [-0.15, -0.1) is 0 Å². The van der Waals surface area contributed by atoms with Crippen LogP contribution in [0.1, 0.15) is 44.2 Å². The molecule has 0 aromatic heterocycles. The molecule has 2 N–H and O–H groups in total. The normalized spacial score (nSPS) is 16.6. The lowest BCUT2D eigenvalue weighted by atomic mass is 10.1. The van der Waals surface area contributed by atoms with Crippen LogP contribution in [0.15, 0.2) is 23.2 Å². The highest BCUT2D eigenvalue weighted by atomic mass is 32.2. The molecule has 0 unspecified atom stereocenters. The topological polar surface area (TPSA) is 97.6 Å². The van der Waals surface area contributed by atoms with Crippen LogP contribution >= 0.6 is 0 Å². The van der Waals surface area contributed by atoms with Crippen molar-refractivity contribution < 1.29 is 12.8 Å². The Morgan fingerprint density at radius 3 is 2.68 bits per heavy atom. The van der Waals surface area contributed by atoms with Crippen molar-refractivity contribution in [3.8, 4) is 6.07 Å². The molecule has 154 valence electrons. The highest BCUT2D eigenvalue weighted by molar-refractivity contribution is 7.89. The number of nitrogens with one attached hydrogen (secondary N) is 2. The lowest BCUT2D eigenvalue weighted by Crippen LogP contribution is -2.50. The maximum atomic E-state index is 13.9. The predicted octanol–water partition coefficient (Wildman–Crippen LogP) is 1.96. The molecule has 0 spiro atoms. The lowest BCUT2D eigenvalue weighted by molar-refractivity contribution is 0.306. The molecule has 2 rings (SSSR count). The Labute approximate surface area is 166 Å². The minimum atomic E-state index is -3.16. The fraction of sp³-hybridized carbons (Fsp3) is 0.579. The summed E-state index contributed by atoms with van der Waals surface area (Å²) in [6.07, 6.45) is 1.98. The van der Waals surface area contributed by atoms with Gasteiger partial charge >= 0.3 is 0 Å². The number of hydrogen-bond donors (Lipinski definition) is 2. The Kier molecular flexibility index (Phi) is 8.20. The molecule has 1 aliphatic heterocycles. The number of hydrogen-bond acceptors (Lipinski definition) is 4. The van der Waals surface area contributed by atoms with Gasteiger partial charge in [0.25, 0.3) is 0 Å². The number of benzene rings is 1. The van der Waals surface area contributed by atoms with E-state index in [2.05, 4.69) is 15.6 Å². The number of halogens is 1. The summed E-state index contributed by atoms with van der Waals surface area (Å²) in [4.78, 5) is 4.42. The average molecular weight is 410 g/mol. The summed E-state index contributed by atoms with van der Waals surface area (Å²) in [7, 11) is -3.16. The third-order valence-electron chi connectivity index (χ3n) is 4.58. The molecule has 1 heterocycles. The first kappa shape index (κ1) is 22.1. The van der Waals surface area contributed by atoms with Gasteiger partial charge in [-0.3, -0.25) is 0 Å². The van der Waals surface area contributed by atoms with E-state index in [1.165, 1.54) is 18.2 Å². The smallest absolute Gasteiger partial charge is 0.214 e. The van der Waals surface area contributed by atoms with E-state index in [1.807, 2.05) is 19.9 Å². The predicted molar refractivity (Wildman–Crippen MR) is 108 cm³/mol. The average Bonchev–Trinajstić information content (AvgIpc) is 2.67. The number of guanidine groups is 1. The quantitative estimate of drug-likeness (QED) is 0.530. The number of piperidine rings is 1. The third-order valence-corrected chi connectivity index (χ3v) is 6.65. The first-order chi connectivity index (χ1) is 13.4. The van der Waals surface area contributed by atoms with Crippen LogP contribution in [-0.2, 0) is 16.6 Å². The van der Waals surface area contributed by atoms with E-state index in [4.69, 9.17) is 5.26 Å². The molecule has 1 fully saturated rings. The first-order valence-corrected chi connectivity index (χ1v) is 11.2. The summed E-state index contributed by atoms with van der Waals surface area (Å²) in [6, 6.07) is 6.31. The number of sulfonamides is 1. The Morgan fingerprint density at radius 1 is 1.36 bits per heavy atom. The van der Waals surface area contributed by atoms with Crippen molar-refractivity contribution in [3.05, 3.63) is 35.1 Å². The first-order valence-electron chi connectivity index (χ1n) is 9.60. The zero-order chi connectivity index (χ0) is 20.6. The van der Waals surface area contributed by atoms with Crippen LogP contribution < -0.4 is 10.6 Å². The zero-order valence-electron chi connectivity index (χ0n) is 16.4. The van der Waals surface area contributed by atoms with Crippen LogP contribution in [0.3, 0.4) is 0 Å². The van der Waals surface area contributed by atoms with Crippen LogP contribution in [0.5, 0.6) is 0 Å². The van der Waals surface area contributed by atoms with E-state index in [9.17, 15) is 12.8 Å². The van der Waals surface area contributed by atoms with E-state index in [0.29, 0.717) is 56.0 Å². The largest absolute Gasteiger partial charge is 0.357 e. The molecule has 28 heavy (non-hydrogen) atoms. The summed E-state index contributed by atoms with van der Waals surface area (Å²) in [5.41, 5.74) is 0.752. The Bertz CT molecular complexity index is 827. The number of aliphatic imine (C=N–C) groups is 1. The second kappa shape index (κ2) is 10.4. The van der Waals surface area contributed by atoms with Crippen molar-refractivity contribution in [1.82, 2.24) is 14.9 Å². The maximum absolute atomic E-state index is 13.9. The Balaban J connectivity index is 1.98. The molecule has 0 radical (unpaired) electrons. The third kappa shape index (κ3) is 6.17. The van der Waals surface area contributed by atoms with E-state index < -0.39 is 15.8 Å². The summed E-state index contributed by atoms with van der Waals surface area (Å²) in [6.45, 7) is 5.53. The minimum absolute atomic E-state index is 0.0983. The molecule has 0 bridgehead atoms. The van der Waals surface area contributed by atoms with Gasteiger partial charge in [0, 0.05) is 31.2 Å². The second-order valence-electron chi connectivity index (χ2n) is 6.75. The van der Waals surface area contributed by atoms with Crippen molar-refractivity contribution in [1.29, 1.82) is 5.26 Å². The van der Waals surface area contributed by atoms with E-state index in [1.54, 1.807) is 4.31 Å². The van der Waals surface area contributed by atoms with Gasteiger partial charge in [-0.2, -0.15) is 5.26 Å². The van der Waals surface area contributed by atoms with Gasteiger partial charge in [0.15, 0.2) is 5.96 Å². The summed E-state index contributed by atoms with van der Waals surface area (Å²) in [5.74, 6) is 0.342. The van der Waals surface area contributed by atoms with E-state index in [0.717, 1.165) is 0 Å². The summed E-state index contributed by atoms with van der Waals surface area (Å²) >= 11 is 0. The molecule has 1 saturated heterocycles. The number of nitriles is 1. The molecule has 1 aromatic rings. The summed E-state index contributed by atoms with van der Waals surface area (Å²) < 4.78 is 39.8. The molecule has 0 aliphatic carbocycles. The van der Waals surface area contributed by atoms with Gasteiger partial charge in [0.1, 0.15) is 5.82 Å². The molecular weight excluding hydrogens is 381 g/mol. The van der Waals surface area contributed by atoms with Gasteiger partial charge in [0.2, 0.25) is 10.0 Å². The van der Waals surface area contributed by atoms with E-state index in [-0.39, 0.29) is 18.3 Å². The molecule has 0 saturated carbocycles. The maximum Gasteiger partial charge on any atom is 0.214 e. The standard InChI is InChI=1S/C19H28FN5O2S/c1-3-11-28(26,27)25-9-7-17(8-10-25)24-19(22-4-2)23-14-16-12-15(13-21)5-6-18(16)20/h5-6,12,17H,3-4,7-11,14H2,1-2H3,(H2,22,23,24). The van der Waals surface area contributed by atoms with Crippen LogP contribution in [0.2, 0.25) is 0 Å². The number of rotatable bonds is 7. The molecule has 1 aliphatic rings. The minimum Gasteiger partial charge on any atom is -0.357 e. The van der Waals surface area contributed by atoms with Crippen molar-refractivity contribution in [2.75, 3.05) is 25.4 Å². The molecule has 9 heteroatoms. The monoisotopic (exact) mass is 409 g/mol. The highest BCUT2D eigenvalue weighted by Crippen LogP contribution is 2.15. The highest BCUT2D eigenvalue weighted by Gasteiger charge is 2.27. The van der Waals surface area contributed by atoms with Crippen molar-refractivity contribution in [3.63, 3.8) is 0 Å². The van der Waals surface area contributed by atoms with E-state index >= 15 is 0 Å². The molecule has 1 aromatic carbocycles. The Morgan fingerprint density at radius 2 is 2.07 bits per heavy atom. The summed E-state index contributed by atoms with van der Waals surface area (Å²) in [5, 5.41) is 15.4. The van der Waals surface area contributed by atoms with Gasteiger partial charge in [-0.25, -0.2) is 22.1 Å². The van der Waals surface area contributed by atoms with Gasteiger partial charge in [0.05, 0.1) is 23.9 Å². The van der Waals surface area contributed by atoms with Crippen molar-refractivity contribution >= 4 is 16.0 Å². The SMILES string of the molecule is CCCS(=O)(=O)N1CCC(NC(=NCc2cc(C#N)ccc2F)NCC)CC1. The fourth-order valence-corrected chi connectivity index (χ4v) is 4.65. The van der Waals surface area contributed by atoms with Crippen molar-refractivity contribution in [2.24, 2.45) is 4.99 Å². The lowest BCUT2D eigenvalue weighted by Gasteiger charge is -2.32. The number of nitrogens with zero attached hydrogens (tertiary/aromatic N) is 3. The molecule has 7 nitrogen and oxygen atoms in total. The van der Waals surface area contributed by atoms with Gasteiger partial charge in [-0.1, -0.05) is 6.92 Å². The van der Waals surface area contributed by atoms with Crippen LogP contribution in [0.25, 0.3) is 0 Å². The van der Waals surface area contributed by atoms with Crippen LogP contribution in [0.4, 0.5) is 4.39 Å². The van der Waals surface area contributed by atoms with Gasteiger partial charge < -0.3 is 10.6 Å². The second-order valence-corrected chi connectivity index (χ2v) is 8.84. The van der Waals surface area contributed by atoms with Crippen molar-refractivity contribution in [2.45, 2.75) is 45.7 Å². The molecule has 0 amide bonds. The van der Waals surface area contributed by atoms with Crippen LogP contribution in [-0.4, -0.2) is 50.1 Å². The molecular formula is C19H28FN5O2S. The molecule has 0 atom stereocenters. The Hall–Kier alpha value is -2.18. The van der Waals surface area contributed by atoms with Crippen LogP contribution in [0, 0.1) is 17.1 Å². The fourth-order valence-electron chi connectivity index (χ4n) is 3.11. The van der Waals surface area contributed by atoms with Gasteiger partial charge in [-0.05, 0) is 44.4 Å². The zero-order valence-corrected chi connectivity index (χ0v) is 17.2.